The molecule has 2 aliphatic rings. The van der Waals surface area contributed by atoms with Crippen molar-refractivity contribution in [2.75, 3.05) is 18.0 Å². The number of carboxylic acid groups (broad SMARTS) is 1. The van der Waals surface area contributed by atoms with Crippen LogP contribution < -0.4 is 4.90 Å². The Morgan fingerprint density at radius 3 is 2.69 bits per heavy atom. The van der Waals surface area contributed by atoms with Gasteiger partial charge in [0.2, 0.25) is 0 Å². The van der Waals surface area contributed by atoms with Crippen LogP contribution in [0.15, 0.2) is 42.9 Å². The number of carbonyl (C=O) groups is 1. The minimum absolute atomic E-state index is 0.0173. The summed E-state index contributed by atoms with van der Waals surface area (Å²) >= 11 is 5.96. The molecule has 4 atom stereocenters. The van der Waals surface area contributed by atoms with Gasteiger partial charge in [-0.1, -0.05) is 23.7 Å². The van der Waals surface area contributed by atoms with Crippen molar-refractivity contribution in [2.24, 2.45) is 11.8 Å². The number of pyridine rings is 1. The SMILES string of the molecule is O=C(O)c1cc(N2C[C@H]3C[C@@H](n4cnc5ccccc54)[C@H](O)C[C@H]3C2)ncc1Cl. The summed E-state index contributed by atoms with van der Waals surface area (Å²) in [5.74, 6) is 0.315. The predicted octanol–water partition coefficient (Wildman–Crippen LogP) is 3.23. The van der Waals surface area contributed by atoms with Crippen LogP contribution in [-0.2, 0) is 0 Å². The summed E-state index contributed by atoms with van der Waals surface area (Å²) in [7, 11) is 0. The van der Waals surface area contributed by atoms with E-state index in [4.69, 9.17) is 11.6 Å². The number of aliphatic hydroxyl groups is 1. The third kappa shape index (κ3) is 3.14. The average molecular weight is 413 g/mol. The second-order valence-corrected chi connectivity index (χ2v) is 8.41. The molecule has 2 N–H and O–H groups in total. The summed E-state index contributed by atoms with van der Waals surface area (Å²) in [5, 5.41) is 20.3. The topological polar surface area (TPSA) is 91.5 Å². The highest BCUT2D eigenvalue weighted by Gasteiger charge is 2.43. The predicted molar refractivity (Wildman–Crippen MR) is 109 cm³/mol. The van der Waals surface area contributed by atoms with Crippen LogP contribution in [-0.4, -0.2) is 49.9 Å². The molecule has 3 aromatic rings. The molecule has 1 saturated carbocycles. The highest BCUT2D eigenvalue weighted by atomic mass is 35.5. The molecule has 8 heteroatoms. The number of nitrogens with zero attached hydrogens (tertiary/aromatic N) is 4. The minimum atomic E-state index is -1.06. The van der Waals surface area contributed by atoms with Gasteiger partial charge in [0.25, 0.3) is 0 Å². The number of rotatable bonds is 3. The number of aromatic nitrogens is 3. The van der Waals surface area contributed by atoms with Gasteiger partial charge < -0.3 is 19.7 Å². The van der Waals surface area contributed by atoms with E-state index in [9.17, 15) is 15.0 Å². The lowest BCUT2D eigenvalue weighted by Gasteiger charge is -2.36. The fourth-order valence-electron chi connectivity index (χ4n) is 4.90. The maximum atomic E-state index is 11.4. The van der Waals surface area contributed by atoms with Crippen molar-refractivity contribution in [1.29, 1.82) is 0 Å². The van der Waals surface area contributed by atoms with Gasteiger partial charge in [-0.15, -0.1) is 0 Å². The number of halogens is 1. The fraction of sp³-hybridized carbons (Fsp3) is 0.381. The number of anilines is 1. The average Bonchev–Trinajstić information content (AvgIpc) is 3.31. The Morgan fingerprint density at radius 1 is 1.14 bits per heavy atom. The number of hydrogen-bond acceptors (Lipinski definition) is 5. The van der Waals surface area contributed by atoms with Gasteiger partial charge in [0.15, 0.2) is 0 Å². The first-order valence-corrected chi connectivity index (χ1v) is 10.1. The number of benzene rings is 1. The number of fused-ring (bicyclic) bond motifs is 2. The van der Waals surface area contributed by atoms with Gasteiger partial charge in [0.05, 0.1) is 40.1 Å². The van der Waals surface area contributed by atoms with E-state index >= 15 is 0 Å². The van der Waals surface area contributed by atoms with Gasteiger partial charge in [-0.3, -0.25) is 0 Å². The monoisotopic (exact) mass is 412 g/mol. The Bertz CT molecular complexity index is 1080. The molecule has 2 fully saturated rings. The van der Waals surface area contributed by atoms with Gasteiger partial charge in [0, 0.05) is 19.3 Å². The van der Waals surface area contributed by atoms with Gasteiger partial charge in [-0.2, -0.15) is 0 Å². The Labute approximate surface area is 172 Å². The molecular formula is C21H21ClN4O3. The molecule has 0 amide bonds. The van der Waals surface area contributed by atoms with Crippen LogP contribution in [0, 0.1) is 11.8 Å². The van der Waals surface area contributed by atoms with Gasteiger partial charge >= 0.3 is 5.97 Å². The zero-order valence-corrected chi connectivity index (χ0v) is 16.4. The van der Waals surface area contributed by atoms with Crippen LogP contribution in [0.5, 0.6) is 0 Å². The van der Waals surface area contributed by atoms with Crippen LogP contribution in [0.1, 0.15) is 29.2 Å². The van der Waals surface area contributed by atoms with Crippen LogP contribution in [0.25, 0.3) is 11.0 Å². The van der Waals surface area contributed by atoms with Crippen molar-refractivity contribution < 1.29 is 15.0 Å². The Kier molecular flexibility index (Phi) is 4.44. The lowest BCUT2D eigenvalue weighted by atomic mass is 9.77. The van der Waals surface area contributed by atoms with Crippen molar-refractivity contribution >= 4 is 34.4 Å². The van der Waals surface area contributed by atoms with Crippen molar-refractivity contribution in [3.05, 3.63) is 53.4 Å². The first kappa shape index (κ1) is 18.4. The molecule has 1 aliphatic heterocycles. The lowest BCUT2D eigenvalue weighted by molar-refractivity contribution is 0.0375. The van der Waals surface area contributed by atoms with Crippen LogP contribution in [0.3, 0.4) is 0 Å². The smallest absolute Gasteiger partial charge is 0.337 e. The standard InChI is InChI=1S/C21H21ClN4O3/c22-15-8-23-20(7-14(15)21(28)29)25-9-12-5-18(19(27)6-13(12)10-25)26-11-24-16-3-1-2-4-17(16)26/h1-4,7-8,11-13,18-19,27H,5-6,9-10H2,(H,28,29)/t12-,13+,18-,19-/m1/s1. The van der Waals surface area contributed by atoms with E-state index in [0.29, 0.717) is 24.1 Å². The van der Waals surface area contributed by atoms with E-state index in [0.717, 1.165) is 30.5 Å². The van der Waals surface area contributed by atoms with Gasteiger partial charge in [-0.25, -0.2) is 14.8 Å². The number of imidazole rings is 1. The lowest BCUT2D eigenvalue weighted by Crippen LogP contribution is -2.36. The quantitative estimate of drug-likeness (QED) is 0.686. The molecule has 2 aromatic heterocycles. The van der Waals surface area contributed by atoms with E-state index < -0.39 is 12.1 Å². The number of carboxylic acids is 1. The molecule has 1 aliphatic carbocycles. The first-order chi connectivity index (χ1) is 14.0. The number of aromatic carboxylic acids is 1. The second-order valence-electron chi connectivity index (χ2n) is 8.00. The molecule has 29 heavy (non-hydrogen) atoms. The molecule has 150 valence electrons. The van der Waals surface area contributed by atoms with Crippen molar-refractivity contribution in [2.45, 2.75) is 25.0 Å². The number of hydrogen-bond donors (Lipinski definition) is 2. The van der Waals surface area contributed by atoms with Crippen molar-refractivity contribution in [1.82, 2.24) is 14.5 Å². The second kappa shape index (κ2) is 7.00. The summed E-state index contributed by atoms with van der Waals surface area (Å²) in [6, 6.07) is 9.49. The van der Waals surface area contributed by atoms with E-state index in [-0.39, 0.29) is 16.6 Å². The summed E-state index contributed by atoms with van der Waals surface area (Å²) in [6.45, 7) is 1.54. The first-order valence-electron chi connectivity index (χ1n) is 9.74. The van der Waals surface area contributed by atoms with Crippen LogP contribution in [0.4, 0.5) is 5.82 Å². The number of para-hydroxylation sites is 2. The van der Waals surface area contributed by atoms with E-state index in [2.05, 4.69) is 19.4 Å². The molecule has 7 nitrogen and oxygen atoms in total. The largest absolute Gasteiger partial charge is 0.478 e. The third-order valence-corrected chi connectivity index (χ3v) is 6.64. The molecule has 0 bridgehead atoms. The molecule has 0 unspecified atom stereocenters. The maximum absolute atomic E-state index is 11.4. The Balaban J connectivity index is 1.39. The molecule has 0 spiro atoms. The molecule has 1 saturated heterocycles. The maximum Gasteiger partial charge on any atom is 0.337 e. The van der Waals surface area contributed by atoms with Gasteiger partial charge in [-0.05, 0) is 42.9 Å². The summed E-state index contributed by atoms with van der Waals surface area (Å²) < 4.78 is 2.10. The molecule has 3 heterocycles. The molecule has 0 radical (unpaired) electrons. The van der Waals surface area contributed by atoms with Crippen LogP contribution >= 0.6 is 11.6 Å². The normalized spacial score (nSPS) is 26.6. The van der Waals surface area contributed by atoms with Gasteiger partial charge in [0.1, 0.15) is 5.82 Å². The highest BCUT2D eigenvalue weighted by molar-refractivity contribution is 6.33. The third-order valence-electron chi connectivity index (χ3n) is 6.34. The summed E-state index contributed by atoms with van der Waals surface area (Å²) in [6.07, 6.45) is 4.34. The van der Waals surface area contributed by atoms with Crippen molar-refractivity contribution in [3.8, 4) is 0 Å². The zero-order chi connectivity index (χ0) is 20.1. The number of aliphatic hydroxyl groups excluding tert-OH is 1. The van der Waals surface area contributed by atoms with Crippen LogP contribution in [0.2, 0.25) is 5.02 Å². The molecule has 5 rings (SSSR count). The summed E-state index contributed by atoms with van der Waals surface area (Å²) in [5.41, 5.74) is 2.03. The van der Waals surface area contributed by atoms with Crippen molar-refractivity contribution in [3.63, 3.8) is 0 Å². The van der Waals surface area contributed by atoms with E-state index in [1.54, 1.807) is 6.07 Å². The van der Waals surface area contributed by atoms with E-state index in [1.807, 2.05) is 30.6 Å². The molecular weight excluding hydrogens is 392 g/mol. The Morgan fingerprint density at radius 2 is 1.90 bits per heavy atom. The summed E-state index contributed by atoms with van der Waals surface area (Å²) in [4.78, 5) is 22.3. The Hall–Kier alpha value is -2.64. The molecule has 1 aromatic carbocycles. The minimum Gasteiger partial charge on any atom is -0.478 e. The van der Waals surface area contributed by atoms with E-state index in [1.165, 1.54) is 6.20 Å². The highest BCUT2D eigenvalue weighted by Crippen LogP contribution is 2.43. The zero-order valence-electron chi connectivity index (χ0n) is 15.6. The fourth-order valence-corrected chi connectivity index (χ4v) is 5.08.